The predicted octanol–water partition coefficient (Wildman–Crippen LogP) is 2.15. The van der Waals surface area contributed by atoms with E-state index in [9.17, 15) is 0 Å². The fourth-order valence-electron chi connectivity index (χ4n) is 1.79. The van der Waals surface area contributed by atoms with E-state index in [0.717, 1.165) is 25.7 Å². The van der Waals surface area contributed by atoms with E-state index in [-0.39, 0.29) is 24.0 Å². The third kappa shape index (κ3) is 8.90. The van der Waals surface area contributed by atoms with Crippen LogP contribution in [0.2, 0.25) is 0 Å². The molecule has 0 unspecified atom stereocenters. The molecule has 0 aliphatic rings. The zero-order valence-corrected chi connectivity index (χ0v) is 15.3. The first-order valence-electron chi connectivity index (χ1n) is 6.89. The number of methoxy groups -OCH3 is 1. The Kier molecular flexibility index (Phi) is 12.3. The minimum absolute atomic E-state index is 0. The zero-order valence-electron chi connectivity index (χ0n) is 13.0. The highest BCUT2D eigenvalue weighted by molar-refractivity contribution is 14.0. The topological polar surface area (TPSA) is 54.9 Å². The first-order chi connectivity index (χ1) is 9.80. The van der Waals surface area contributed by atoms with Gasteiger partial charge in [-0.15, -0.1) is 24.0 Å². The van der Waals surface area contributed by atoms with Gasteiger partial charge in [-0.2, -0.15) is 0 Å². The summed E-state index contributed by atoms with van der Waals surface area (Å²) < 4.78 is 10.4. The molecule has 6 heteroatoms. The summed E-state index contributed by atoms with van der Waals surface area (Å²) in [5.74, 6) is 0.779. The number of rotatable bonds is 8. The molecule has 0 bridgehead atoms. The lowest BCUT2D eigenvalue weighted by Gasteiger charge is -2.12. The van der Waals surface area contributed by atoms with Crippen molar-refractivity contribution in [3.05, 3.63) is 35.4 Å². The molecule has 1 rings (SSSR count). The number of aliphatic imine (C=N–C) groups is 1. The van der Waals surface area contributed by atoms with Gasteiger partial charge in [0.1, 0.15) is 0 Å². The van der Waals surface area contributed by atoms with E-state index in [1.54, 1.807) is 14.2 Å². The molecule has 0 spiro atoms. The Morgan fingerprint density at radius 3 is 2.67 bits per heavy atom. The van der Waals surface area contributed by atoms with E-state index in [4.69, 9.17) is 9.47 Å². The summed E-state index contributed by atoms with van der Waals surface area (Å²) in [6.07, 6.45) is 0. The van der Waals surface area contributed by atoms with Crippen molar-refractivity contribution in [2.75, 3.05) is 33.9 Å². The van der Waals surface area contributed by atoms with Gasteiger partial charge in [0.05, 0.1) is 13.2 Å². The highest BCUT2D eigenvalue weighted by Gasteiger charge is 1.99. The standard InChI is InChI=1S/C15H25N3O2.HI/c1-4-20-9-8-17-15(16-2)18-11-13-6-5-7-14(10-13)12-19-3;/h5-7,10H,4,8-9,11-12H2,1-3H3,(H2,16,17,18);1H. The lowest BCUT2D eigenvalue weighted by Crippen LogP contribution is -2.38. The maximum atomic E-state index is 5.27. The zero-order chi connectivity index (χ0) is 14.6. The van der Waals surface area contributed by atoms with Crippen molar-refractivity contribution in [3.8, 4) is 0 Å². The van der Waals surface area contributed by atoms with Gasteiger partial charge in [-0.1, -0.05) is 24.3 Å². The number of nitrogens with zero attached hydrogens (tertiary/aromatic N) is 1. The fourth-order valence-corrected chi connectivity index (χ4v) is 1.79. The summed E-state index contributed by atoms with van der Waals surface area (Å²) in [6, 6.07) is 8.31. The van der Waals surface area contributed by atoms with E-state index < -0.39 is 0 Å². The van der Waals surface area contributed by atoms with E-state index in [2.05, 4.69) is 33.8 Å². The van der Waals surface area contributed by atoms with Gasteiger partial charge in [0.2, 0.25) is 0 Å². The molecule has 0 aromatic heterocycles. The number of nitrogens with one attached hydrogen (secondary N) is 2. The molecule has 0 atom stereocenters. The molecule has 5 nitrogen and oxygen atoms in total. The summed E-state index contributed by atoms with van der Waals surface area (Å²) in [5, 5.41) is 6.48. The molecule has 0 heterocycles. The summed E-state index contributed by atoms with van der Waals surface area (Å²) in [5.41, 5.74) is 2.37. The Morgan fingerprint density at radius 1 is 1.24 bits per heavy atom. The van der Waals surface area contributed by atoms with Gasteiger partial charge in [-0.25, -0.2) is 0 Å². The molecule has 0 amide bonds. The summed E-state index contributed by atoms with van der Waals surface area (Å²) in [4.78, 5) is 4.17. The second-order valence-corrected chi connectivity index (χ2v) is 4.30. The molecular weight excluding hydrogens is 381 g/mol. The molecule has 0 aliphatic carbocycles. The second kappa shape index (κ2) is 12.8. The number of guanidine groups is 1. The molecule has 0 fully saturated rings. The molecule has 0 saturated heterocycles. The van der Waals surface area contributed by atoms with Crippen LogP contribution >= 0.6 is 24.0 Å². The van der Waals surface area contributed by atoms with Crippen molar-refractivity contribution in [2.24, 2.45) is 4.99 Å². The van der Waals surface area contributed by atoms with Crippen LogP contribution in [0.3, 0.4) is 0 Å². The lowest BCUT2D eigenvalue weighted by molar-refractivity contribution is 0.152. The van der Waals surface area contributed by atoms with Crippen LogP contribution in [-0.4, -0.2) is 39.9 Å². The lowest BCUT2D eigenvalue weighted by atomic mass is 10.1. The predicted molar refractivity (Wildman–Crippen MR) is 97.3 cm³/mol. The third-order valence-electron chi connectivity index (χ3n) is 2.73. The molecule has 2 N–H and O–H groups in total. The largest absolute Gasteiger partial charge is 0.380 e. The quantitative estimate of drug-likeness (QED) is 0.300. The highest BCUT2D eigenvalue weighted by Crippen LogP contribution is 2.06. The Bertz CT molecular complexity index is 414. The maximum absolute atomic E-state index is 5.27. The number of hydrogen-bond acceptors (Lipinski definition) is 3. The molecule has 0 saturated carbocycles. The molecule has 21 heavy (non-hydrogen) atoms. The minimum Gasteiger partial charge on any atom is -0.380 e. The smallest absolute Gasteiger partial charge is 0.191 e. The third-order valence-corrected chi connectivity index (χ3v) is 2.73. The monoisotopic (exact) mass is 407 g/mol. The molecule has 1 aromatic rings. The van der Waals surface area contributed by atoms with Gasteiger partial charge in [0.25, 0.3) is 0 Å². The van der Waals surface area contributed by atoms with Crippen LogP contribution in [-0.2, 0) is 22.6 Å². The van der Waals surface area contributed by atoms with Gasteiger partial charge in [0, 0.05) is 33.9 Å². The normalized spacial score (nSPS) is 10.9. The van der Waals surface area contributed by atoms with Crippen molar-refractivity contribution in [3.63, 3.8) is 0 Å². The van der Waals surface area contributed by atoms with Gasteiger partial charge in [0.15, 0.2) is 5.96 Å². The number of hydrogen-bond donors (Lipinski definition) is 2. The number of ether oxygens (including phenoxy) is 2. The van der Waals surface area contributed by atoms with Crippen LogP contribution in [0, 0.1) is 0 Å². The van der Waals surface area contributed by atoms with Crippen molar-refractivity contribution < 1.29 is 9.47 Å². The van der Waals surface area contributed by atoms with Crippen molar-refractivity contribution in [1.82, 2.24) is 10.6 Å². The van der Waals surface area contributed by atoms with Crippen LogP contribution in [0.1, 0.15) is 18.1 Å². The van der Waals surface area contributed by atoms with Gasteiger partial charge >= 0.3 is 0 Å². The van der Waals surface area contributed by atoms with Gasteiger partial charge in [-0.05, 0) is 18.1 Å². The first kappa shape index (κ1) is 20.1. The van der Waals surface area contributed by atoms with Crippen molar-refractivity contribution >= 4 is 29.9 Å². The van der Waals surface area contributed by atoms with Crippen LogP contribution in [0.4, 0.5) is 0 Å². The highest BCUT2D eigenvalue weighted by atomic mass is 127. The molecule has 120 valence electrons. The Morgan fingerprint density at radius 2 is 2.00 bits per heavy atom. The number of benzene rings is 1. The molecule has 0 aliphatic heterocycles. The van der Waals surface area contributed by atoms with Crippen LogP contribution in [0.15, 0.2) is 29.3 Å². The molecule has 0 radical (unpaired) electrons. The van der Waals surface area contributed by atoms with E-state index in [1.165, 1.54) is 11.1 Å². The second-order valence-electron chi connectivity index (χ2n) is 4.30. The van der Waals surface area contributed by atoms with Crippen molar-refractivity contribution in [2.45, 2.75) is 20.1 Å². The van der Waals surface area contributed by atoms with E-state index >= 15 is 0 Å². The van der Waals surface area contributed by atoms with Gasteiger partial charge in [-0.3, -0.25) is 4.99 Å². The van der Waals surface area contributed by atoms with Gasteiger partial charge < -0.3 is 20.1 Å². The Hall–Kier alpha value is -0.860. The summed E-state index contributed by atoms with van der Waals surface area (Å²) >= 11 is 0. The van der Waals surface area contributed by atoms with Crippen LogP contribution < -0.4 is 10.6 Å². The first-order valence-corrected chi connectivity index (χ1v) is 6.89. The van der Waals surface area contributed by atoms with E-state index in [0.29, 0.717) is 13.2 Å². The minimum atomic E-state index is 0. The maximum Gasteiger partial charge on any atom is 0.191 e. The molecular formula is C15H26IN3O2. The SMILES string of the molecule is CCOCCNC(=NC)NCc1cccc(COC)c1.I. The summed E-state index contributed by atoms with van der Waals surface area (Å²) in [7, 11) is 3.46. The van der Waals surface area contributed by atoms with Crippen LogP contribution in [0.5, 0.6) is 0 Å². The van der Waals surface area contributed by atoms with Crippen molar-refractivity contribution in [1.29, 1.82) is 0 Å². The van der Waals surface area contributed by atoms with E-state index in [1.807, 2.05) is 13.0 Å². The average Bonchev–Trinajstić information content (AvgIpc) is 2.47. The number of halogens is 1. The Balaban J connectivity index is 0.00000400. The van der Waals surface area contributed by atoms with Crippen LogP contribution in [0.25, 0.3) is 0 Å². The molecule has 1 aromatic carbocycles. The fraction of sp³-hybridized carbons (Fsp3) is 0.533. The average molecular weight is 407 g/mol. The summed E-state index contributed by atoms with van der Waals surface area (Å²) in [6.45, 7) is 5.51. The Labute approximate surface area is 144 Å².